The van der Waals surface area contributed by atoms with Gasteiger partial charge in [0.05, 0.1) is 12.6 Å². The first-order valence-corrected chi connectivity index (χ1v) is 7.12. The number of hydrogen-bond donors (Lipinski definition) is 2. The topological polar surface area (TPSA) is 74.7 Å². The number of nitrogens with one attached hydrogen (secondary N) is 1. The number of methoxy groups -OCH3 is 1. The zero-order valence-electron chi connectivity index (χ0n) is 13.5. The largest absolute Gasteiger partial charge is 0.497 e. The Labute approximate surface area is 141 Å². The van der Waals surface area contributed by atoms with E-state index in [-0.39, 0.29) is 18.0 Å². The lowest BCUT2D eigenvalue weighted by Crippen LogP contribution is -2.17. The van der Waals surface area contributed by atoms with Crippen molar-refractivity contribution in [3.05, 3.63) is 29.8 Å². The minimum atomic E-state index is -0.986. The van der Waals surface area contributed by atoms with Crippen LogP contribution in [0.2, 0.25) is 0 Å². The van der Waals surface area contributed by atoms with Crippen molar-refractivity contribution >= 4 is 35.1 Å². The summed E-state index contributed by atoms with van der Waals surface area (Å²) >= 11 is 0. The molecule has 0 saturated heterocycles. The molecule has 0 saturated carbocycles. The predicted molar refractivity (Wildman–Crippen MR) is 94.2 cm³/mol. The lowest BCUT2D eigenvalue weighted by Gasteiger charge is -2.12. The van der Waals surface area contributed by atoms with E-state index in [9.17, 15) is 9.90 Å². The fourth-order valence-electron chi connectivity index (χ4n) is 2.17. The van der Waals surface area contributed by atoms with Gasteiger partial charge in [-0.15, -0.1) is 12.4 Å². The van der Waals surface area contributed by atoms with Gasteiger partial charge in [-0.3, -0.25) is 0 Å². The number of halogens is 1. The van der Waals surface area contributed by atoms with Crippen LogP contribution in [0.4, 0.5) is 5.82 Å². The zero-order valence-corrected chi connectivity index (χ0v) is 14.3. The van der Waals surface area contributed by atoms with Crippen molar-refractivity contribution in [2.45, 2.75) is 6.42 Å². The van der Waals surface area contributed by atoms with Gasteiger partial charge in [0.2, 0.25) is 0 Å². The van der Waals surface area contributed by atoms with Gasteiger partial charge < -0.3 is 20.1 Å². The third-order valence-electron chi connectivity index (χ3n) is 3.33. The average Bonchev–Trinajstić information content (AvgIpc) is 2.49. The van der Waals surface area contributed by atoms with Gasteiger partial charge in [-0.2, -0.15) is 0 Å². The average molecular weight is 340 g/mol. The summed E-state index contributed by atoms with van der Waals surface area (Å²) in [4.78, 5) is 17.9. The number of benzene rings is 1. The van der Waals surface area contributed by atoms with E-state index < -0.39 is 5.97 Å². The van der Waals surface area contributed by atoms with Crippen LogP contribution in [0, 0.1) is 0 Å². The minimum absolute atomic E-state index is 0. The van der Waals surface area contributed by atoms with E-state index in [2.05, 4.69) is 15.2 Å². The van der Waals surface area contributed by atoms with Crippen molar-refractivity contribution in [2.24, 2.45) is 0 Å². The van der Waals surface area contributed by atoms with Crippen LogP contribution in [0.25, 0.3) is 10.9 Å². The number of carboxylic acid groups (broad SMARTS) is 1. The third kappa shape index (κ3) is 4.97. The molecule has 0 fully saturated rings. The number of carboxylic acids is 1. The van der Waals surface area contributed by atoms with Gasteiger partial charge >= 0.3 is 5.97 Å². The van der Waals surface area contributed by atoms with Crippen molar-refractivity contribution in [2.75, 3.05) is 39.6 Å². The molecule has 0 amide bonds. The van der Waals surface area contributed by atoms with E-state index in [1.54, 1.807) is 25.3 Å². The minimum Gasteiger partial charge on any atom is -0.497 e. The summed E-state index contributed by atoms with van der Waals surface area (Å²) in [5, 5.41) is 13.3. The fraction of sp³-hybridized carbons (Fsp3) is 0.375. The first kappa shape index (κ1) is 19.0. The van der Waals surface area contributed by atoms with E-state index in [0.29, 0.717) is 23.6 Å². The molecule has 7 heteroatoms. The van der Waals surface area contributed by atoms with Crippen molar-refractivity contribution in [1.29, 1.82) is 0 Å². The molecule has 126 valence electrons. The molecule has 0 aliphatic rings. The van der Waals surface area contributed by atoms with E-state index in [4.69, 9.17) is 4.74 Å². The number of hydrogen-bond acceptors (Lipinski definition) is 5. The molecule has 0 unspecified atom stereocenters. The molecule has 6 nitrogen and oxygen atoms in total. The number of pyridine rings is 1. The highest BCUT2D eigenvalue weighted by Gasteiger charge is 2.13. The molecule has 0 atom stereocenters. The smallest absolute Gasteiger partial charge is 0.339 e. The standard InChI is InChI=1S/C16H21N3O3.ClH/c1-19(2)8-4-7-17-15-13(16(20)21)9-11-5-6-12(22-3)10-14(11)18-15;/h5-6,9-10H,4,7-8H2,1-3H3,(H,17,18)(H,20,21);1H. The van der Waals surface area contributed by atoms with E-state index in [1.165, 1.54) is 0 Å². The lowest BCUT2D eigenvalue weighted by molar-refractivity contribution is 0.0697. The first-order chi connectivity index (χ1) is 10.5. The van der Waals surface area contributed by atoms with E-state index in [0.717, 1.165) is 18.4 Å². The van der Waals surface area contributed by atoms with E-state index >= 15 is 0 Å². The third-order valence-corrected chi connectivity index (χ3v) is 3.33. The number of aromatic carboxylic acids is 1. The summed E-state index contributed by atoms with van der Waals surface area (Å²) in [5.74, 6) is 0.106. The Morgan fingerprint density at radius 1 is 1.35 bits per heavy atom. The molecule has 2 aromatic rings. The summed E-state index contributed by atoms with van der Waals surface area (Å²) in [6.07, 6.45) is 0.907. The predicted octanol–water partition coefficient (Wildman–Crippen LogP) is 2.73. The van der Waals surface area contributed by atoms with Crippen molar-refractivity contribution in [3.63, 3.8) is 0 Å². The van der Waals surface area contributed by atoms with Crippen LogP contribution in [-0.4, -0.2) is 55.3 Å². The van der Waals surface area contributed by atoms with Crippen molar-refractivity contribution in [3.8, 4) is 5.75 Å². The Balaban J connectivity index is 0.00000264. The normalized spacial score (nSPS) is 10.4. The second-order valence-electron chi connectivity index (χ2n) is 5.33. The summed E-state index contributed by atoms with van der Waals surface area (Å²) < 4.78 is 5.18. The van der Waals surface area contributed by atoms with Crippen LogP contribution in [0.15, 0.2) is 24.3 Å². The molecule has 0 spiro atoms. The highest BCUT2D eigenvalue weighted by molar-refractivity contribution is 5.98. The van der Waals surface area contributed by atoms with Crippen LogP contribution in [-0.2, 0) is 0 Å². The summed E-state index contributed by atoms with van der Waals surface area (Å²) in [5.41, 5.74) is 0.891. The molecule has 1 heterocycles. The zero-order chi connectivity index (χ0) is 16.1. The van der Waals surface area contributed by atoms with Gasteiger partial charge in [-0.05, 0) is 45.3 Å². The molecular weight excluding hydrogens is 318 g/mol. The molecule has 2 N–H and O–H groups in total. The van der Waals surface area contributed by atoms with Crippen molar-refractivity contribution in [1.82, 2.24) is 9.88 Å². The van der Waals surface area contributed by atoms with Gasteiger partial charge in [0.1, 0.15) is 17.1 Å². The second kappa shape index (κ2) is 8.55. The van der Waals surface area contributed by atoms with E-state index in [1.807, 2.05) is 20.2 Å². The Bertz CT molecular complexity index is 677. The van der Waals surface area contributed by atoms with Gasteiger partial charge in [0.15, 0.2) is 0 Å². The van der Waals surface area contributed by atoms with Gasteiger partial charge in [0, 0.05) is 18.0 Å². The highest BCUT2D eigenvalue weighted by Crippen LogP contribution is 2.24. The molecular formula is C16H22ClN3O3. The maximum absolute atomic E-state index is 11.4. The van der Waals surface area contributed by atoms with Crippen molar-refractivity contribution < 1.29 is 14.6 Å². The maximum atomic E-state index is 11.4. The first-order valence-electron chi connectivity index (χ1n) is 7.12. The number of nitrogens with zero attached hydrogens (tertiary/aromatic N) is 2. The number of anilines is 1. The Morgan fingerprint density at radius 3 is 2.70 bits per heavy atom. The molecule has 0 aliphatic carbocycles. The Kier molecular flexibility index (Phi) is 7.06. The monoisotopic (exact) mass is 339 g/mol. The molecule has 2 rings (SSSR count). The SMILES string of the molecule is COc1ccc2cc(C(=O)O)c(NCCCN(C)C)nc2c1.Cl. The van der Waals surface area contributed by atoms with Gasteiger partial charge in [-0.1, -0.05) is 0 Å². The summed E-state index contributed by atoms with van der Waals surface area (Å²) in [6.45, 7) is 1.59. The number of rotatable bonds is 7. The molecule has 1 aromatic heterocycles. The van der Waals surface area contributed by atoms with Gasteiger partial charge in [-0.25, -0.2) is 9.78 Å². The van der Waals surface area contributed by atoms with Crippen LogP contribution in [0.5, 0.6) is 5.75 Å². The number of carbonyl (C=O) groups is 1. The lowest BCUT2D eigenvalue weighted by atomic mass is 10.1. The van der Waals surface area contributed by atoms with Crippen LogP contribution >= 0.6 is 12.4 Å². The molecule has 0 aliphatic heterocycles. The fourth-order valence-corrected chi connectivity index (χ4v) is 2.17. The Hall–Kier alpha value is -2.05. The highest BCUT2D eigenvalue weighted by atomic mass is 35.5. The number of fused-ring (bicyclic) bond motifs is 1. The molecule has 0 radical (unpaired) electrons. The Morgan fingerprint density at radius 2 is 2.09 bits per heavy atom. The quantitative estimate of drug-likeness (QED) is 0.755. The summed E-state index contributed by atoms with van der Waals surface area (Å²) in [6, 6.07) is 7.04. The number of ether oxygens (including phenoxy) is 1. The molecule has 0 bridgehead atoms. The maximum Gasteiger partial charge on any atom is 0.339 e. The number of aromatic nitrogens is 1. The van der Waals surface area contributed by atoms with Crippen LogP contribution in [0.3, 0.4) is 0 Å². The van der Waals surface area contributed by atoms with Crippen LogP contribution < -0.4 is 10.1 Å². The molecule has 1 aromatic carbocycles. The summed E-state index contributed by atoms with van der Waals surface area (Å²) in [7, 11) is 5.60. The van der Waals surface area contributed by atoms with Crippen LogP contribution in [0.1, 0.15) is 16.8 Å². The molecule has 23 heavy (non-hydrogen) atoms. The second-order valence-corrected chi connectivity index (χ2v) is 5.33. The van der Waals surface area contributed by atoms with Gasteiger partial charge in [0.25, 0.3) is 0 Å².